The van der Waals surface area contributed by atoms with E-state index in [1.165, 1.54) is 25.0 Å². The minimum atomic E-state index is 0.264. The Morgan fingerprint density at radius 1 is 1.15 bits per heavy atom. The predicted molar refractivity (Wildman–Crippen MR) is 88.2 cm³/mol. The quantitative estimate of drug-likeness (QED) is 0.664. The molecule has 1 aromatic rings. The van der Waals surface area contributed by atoms with Crippen molar-refractivity contribution in [2.45, 2.75) is 32.2 Å². The van der Waals surface area contributed by atoms with E-state index in [2.05, 4.69) is 18.5 Å². The Bertz CT molecular complexity index is 385. The van der Waals surface area contributed by atoms with Gasteiger partial charge in [0.1, 0.15) is 11.5 Å². The number of methoxy groups -OCH3 is 2. The molecule has 1 unspecified atom stereocenters. The highest BCUT2D eigenvalue weighted by Crippen LogP contribution is 2.29. The van der Waals surface area contributed by atoms with Crippen LogP contribution in [0.2, 0.25) is 0 Å². The Kier molecular flexibility index (Phi) is 8.54. The summed E-state index contributed by atoms with van der Waals surface area (Å²) in [7, 11) is 3.40. The van der Waals surface area contributed by atoms with Crippen LogP contribution in [0.15, 0.2) is 18.2 Å². The molecule has 0 spiro atoms. The van der Waals surface area contributed by atoms with Gasteiger partial charge in [-0.05, 0) is 56.5 Å². The van der Waals surface area contributed by atoms with Crippen LogP contribution >= 0.6 is 11.8 Å². The van der Waals surface area contributed by atoms with E-state index in [0.717, 1.165) is 23.6 Å². The van der Waals surface area contributed by atoms with Gasteiger partial charge < -0.3 is 14.8 Å². The lowest BCUT2D eigenvalue weighted by Gasteiger charge is -2.18. The third-order valence-corrected chi connectivity index (χ3v) is 4.08. The smallest absolute Gasteiger partial charge is 0.123 e. The largest absolute Gasteiger partial charge is 0.497 e. The minimum absolute atomic E-state index is 0.264. The molecule has 1 N–H and O–H groups in total. The molecule has 1 rings (SSSR count). The molecular weight excluding hydrogens is 270 g/mol. The van der Waals surface area contributed by atoms with Gasteiger partial charge in [-0.15, -0.1) is 0 Å². The van der Waals surface area contributed by atoms with Gasteiger partial charge in [0, 0.05) is 11.6 Å². The second-order valence-corrected chi connectivity index (χ2v) is 5.82. The summed E-state index contributed by atoms with van der Waals surface area (Å²) in [5.41, 5.74) is 1.15. The van der Waals surface area contributed by atoms with E-state index in [9.17, 15) is 0 Å². The van der Waals surface area contributed by atoms with Crippen molar-refractivity contribution in [1.82, 2.24) is 5.32 Å². The highest BCUT2D eigenvalue weighted by Gasteiger charge is 2.12. The van der Waals surface area contributed by atoms with E-state index in [-0.39, 0.29) is 6.04 Å². The zero-order valence-electron chi connectivity index (χ0n) is 13.1. The lowest BCUT2D eigenvalue weighted by atomic mass is 10.1. The summed E-state index contributed by atoms with van der Waals surface area (Å²) in [4.78, 5) is 0. The fourth-order valence-corrected chi connectivity index (χ4v) is 2.65. The van der Waals surface area contributed by atoms with Gasteiger partial charge in [0.25, 0.3) is 0 Å². The summed E-state index contributed by atoms with van der Waals surface area (Å²) in [5, 5.41) is 3.56. The average molecular weight is 297 g/mol. The first-order chi connectivity index (χ1) is 9.72. The lowest BCUT2D eigenvalue weighted by Crippen LogP contribution is -2.20. The van der Waals surface area contributed by atoms with Gasteiger partial charge in [-0.3, -0.25) is 0 Å². The topological polar surface area (TPSA) is 30.5 Å². The van der Waals surface area contributed by atoms with Crippen molar-refractivity contribution in [3.63, 3.8) is 0 Å². The third kappa shape index (κ3) is 5.63. The molecule has 1 aromatic carbocycles. The molecule has 0 saturated heterocycles. The van der Waals surface area contributed by atoms with Crippen LogP contribution in [-0.2, 0) is 0 Å². The summed E-state index contributed by atoms with van der Waals surface area (Å²) in [6.07, 6.45) is 5.97. The van der Waals surface area contributed by atoms with E-state index in [4.69, 9.17) is 9.47 Å². The number of benzene rings is 1. The van der Waals surface area contributed by atoms with Gasteiger partial charge in [0.2, 0.25) is 0 Å². The maximum Gasteiger partial charge on any atom is 0.123 e. The van der Waals surface area contributed by atoms with Crippen LogP contribution in [0, 0.1) is 0 Å². The highest BCUT2D eigenvalue weighted by molar-refractivity contribution is 7.98. The van der Waals surface area contributed by atoms with E-state index < -0.39 is 0 Å². The number of thioether (sulfide) groups is 1. The molecule has 0 fully saturated rings. The summed E-state index contributed by atoms with van der Waals surface area (Å²) in [5.74, 6) is 3.04. The van der Waals surface area contributed by atoms with Crippen molar-refractivity contribution >= 4 is 11.8 Å². The van der Waals surface area contributed by atoms with Gasteiger partial charge >= 0.3 is 0 Å². The number of unbranched alkanes of at least 4 members (excludes halogenated alkanes) is 2. The van der Waals surface area contributed by atoms with Crippen LogP contribution in [0.4, 0.5) is 0 Å². The Balaban J connectivity index is 2.47. The molecule has 0 aliphatic heterocycles. The number of ether oxygens (including phenoxy) is 2. The summed E-state index contributed by atoms with van der Waals surface area (Å²) >= 11 is 1.92. The SMILES string of the molecule is COc1ccc(OC)c(C(C)NCCCCCSC)c1. The Morgan fingerprint density at radius 3 is 2.60 bits per heavy atom. The van der Waals surface area contributed by atoms with Crippen LogP contribution < -0.4 is 14.8 Å². The second-order valence-electron chi connectivity index (χ2n) is 4.84. The van der Waals surface area contributed by atoms with Crippen molar-refractivity contribution in [3.8, 4) is 11.5 Å². The molecule has 0 radical (unpaired) electrons. The molecular formula is C16H27NO2S. The number of rotatable bonds is 10. The molecule has 0 amide bonds. The Hall–Kier alpha value is -0.870. The van der Waals surface area contributed by atoms with Gasteiger partial charge in [-0.1, -0.05) is 6.42 Å². The van der Waals surface area contributed by atoms with E-state index in [0.29, 0.717) is 0 Å². The van der Waals surface area contributed by atoms with E-state index in [1.54, 1.807) is 14.2 Å². The fraction of sp³-hybridized carbons (Fsp3) is 0.625. The van der Waals surface area contributed by atoms with E-state index >= 15 is 0 Å². The number of hydrogen-bond acceptors (Lipinski definition) is 4. The number of nitrogens with one attached hydrogen (secondary N) is 1. The predicted octanol–water partition coefficient (Wildman–Crippen LogP) is 3.89. The maximum atomic E-state index is 5.43. The van der Waals surface area contributed by atoms with Crippen molar-refractivity contribution in [1.29, 1.82) is 0 Å². The van der Waals surface area contributed by atoms with Gasteiger partial charge in [0.05, 0.1) is 14.2 Å². The molecule has 0 bridgehead atoms. The van der Waals surface area contributed by atoms with Crippen molar-refractivity contribution in [3.05, 3.63) is 23.8 Å². The van der Waals surface area contributed by atoms with E-state index in [1.807, 2.05) is 30.0 Å². The molecule has 0 aliphatic rings. The number of hydrogen-bond donors (Lipinski definition) is 1. The first kappa shape index (κ1) is 17.2. The van der Waals surface area contributed by atoms with Crippen molar-refractivity contribution < 1.29 is 9.47 Å². The molecule has 0 aliphatic carbocycles. The third-order valence-electron chi connectivity index (χ3n) is 3.38. The lowest BCUT2D eigenvalue weighted by molar-refractivity contribution is 0.391. The summed E-state index contributed by atoms with van der Waals surface area (Å²) < 4.78 is 10.7. The van der Waals surface area contributed by atoms with Gasteiger partial charge in [0.15, 0.2) is 0 Å². The normalized spacial score (nSPS) is 12.2. The van der Waals surface area contributed by atoms with Gasteiger partial charge in [-0.2, -0.15) is 11.8 Å². The van der Waals surface area contributed by atoms with Crippen LogP contribution in [0.25, 0.3) is 0 Å². The van der Waals surface area contributed by atoms with Gasteiger partial charge in [-0.25, -0.2) is 0 Å². The standard InChI is InChI=1S/C16H27NO2S/c1-13(17-10-6-5-7-11-20-4)15-12-14(18-2)8-9-16(15)19-3/h8-9,12-13,17H,5-7,10-11H2,1-4H3. The monoisotopic (exact) mass is 297 g/mol. The molecule has 4 heteroatoms. The van der Waals surface area contributed by atoms with Crippen LogP contribution in [-0.4, -0.2) is 32.8 Å². The molecule has 114 valence electrons. The Morgan fingerprint density at radius 2 is 1.95 bits per heavy atom. The zero-order chi connectivity index (χ0) is 14.8. The maximum absolute atomic E-state index is 5.43. The van der Waals surface area contributed by atoms with Crippen molar-refractivity contribution in [2.75, 3.05) is 32.8 Å². The molecule has 3 nitrogen and oxygen atoms in total. The highest BCUT2D eigenvalue weighted by atomic mass is 32.2. The molecule has 20 heavy (non-hydrogen) atoms. The molecule has 0 heterocycles. The summed E-state index contributed by atoms with van der Waals surface area (Å²) in [6.45, 7) is 3.20. The molecule has 0 aromatic heterocycles. The average Bonchev–Trinajstić information content (AvgIpc) is 2.49. The second kappa shape index (κ2) is 9.94. The minimum Gasteiger partial charge on any atom is -0.497 e. The first-order valence-electron chi connectivity index (χ1n) is 7.17. The Labute approximate surface area is 127 Å². The van der Waals surface area contributed by atoms with Crippen LogP contribution in [0.5, 0.6) is 11.5 Å². The van der Waals surface area contributed by atoms with Crippen molar-refractivity contribution in [2.24, 2.45) is 0 Å². The molecule has 0 saturated carbocycles. The summed E-state index contributed by atoms with van der Waals surface area (Å²) in [6, 6.07) is 6.20. The van der Waals surface area contributed by atoms with Crippen LogP contribution in [0.1, 0.15) is 37.8 Å². The molecule has 1 atom stereocenters. The first-order valence-corrected chi connectivity index (χ1v) is 8.56. The fourth-order valence-electron chi connectivity index (χ4n) is 2.15. The zero-order valence-corrected chi connectivity index (χ0v) is 13.9. The van der Waals surface area contributed by atoms with Crippen LogP contribution in [0.3, 0.4) is 0 Å².